The number of fused-ring (bicyclic) bond motifs is 4. The van der Waals surface area contributed by atoms with Crippen LogP contribution in [0.15, 0.2) is 58.7 Å². The molecule has 0 fully saturated rings. The SMILES string of the molecule is C#CC1C(/C=C\C)c2cc3c4c(oc3cc2N1C(/C=C\CC)=C/C)C=CCC4. The molecule has 1 aliphatic heterocycles. The molecule has 2 aromatic rings. The number of hydrogen-bond acceptors (Lipinski definition) is 2. The predicted octanol–water partition coefficient (Wildman–Crippen LogP) is 6.74. The normalized spacial score (nSPS) is 21.6. The van der Waals surface area contributed by atoms with Gasteiger partial charge in [-0.1, -0.05) is 43.2 Å². The van der Waals surface area contributed by atoms with Crippen LogP contribution in [0, 0.1) is 12.3 Å². The molecule has 0 N–H and O–H groups in total. The fourth-order valence-electron chi connectivity index (χ4n) is 4.43. The summed E-state index contributed by atoms with van der Waals surface area (Å²) in [5.74, 6) is 4.23. The second-order valence-corrected chi connectivity index (χ2v) is 7.35. The number of aryl methyl sites for hydroxylation is 1. The summed E-state index contributed by atoms with van der Waals surface area (Å²) in [6, 6.07) is 4.47. The van der Waals surface area contributed by atoms with Crippen molar-refractivity contribution in [1.82, 2.24) is 0 Å². The molecule has 0 amide bonds. The van der Waals surface area contributed by atoms with Gasteiger partial charge in [0.1, 0.15) is 17.4 Å². The maximum Gasteiger partial charge on any atom is 0.137 e. The number of furan rings is 1. The molecule has 4 rings (SSSR count). The topological polar surface area (TPSA) is 16.4 Å². The maximum absolute atomic E-state index is 6.20. The molecular weight excluding hydrogens is 342 g/mol. The number of allylic oxidation sites excluding steroid dienone is 5. The molecule has 1 aliphatic carbocycles. The third-order valence-corrected chi connectivity index (χ3v) is 5.71. The fourth-order valence-corrected chi connectivity index (χ4v) is 4.43. The van der Waals surface area contributed by atoms with E-state index in [9.17, 15) is 0 Å². The molecule has 142 valence electrons. The first-order chi connectivity index (χ1) is 13.7. The van der Waals surface area contributed by atoms with Crippen LogP contribution in [0.3, 0.4) is 0 Å². The van der Waals surface area contributed by atoms with Crippen LogP contribution in [-0.4, -0.2) is 6.04 Å². The molecule has 1 aromatic heterocycles. The lowest BCUT2D eigenvalue weighted by atomic mass is 9.92. The van der Waals surface area contributed by atoms with Gasteiger partial charge in [-0.15, -0.1) is 6.42 Å². The minimum absolute atomic E-state index is 0.0406. The molecular formula is C26H27NO. The van der Waals surface area contributed by atoms with Gasteiger partial charge in [-0.25, -0.2) is 0 Å². The third-order valence-electron chi connectivity index (χ3n) is 5.71. The molecule has 0 saturated heterocycles. The second-order valence-electron chi connectivity index (χ2n) is 7.35. The van der Waals surface area contributed by atoms with Gasteiger partial charge in [-0.2, -0.15) is 0 Å². The van der Waals surface area contributed by atoms with Crippen molar-refractivity contribution in [3.63, 3.8) is 0 Å². The minimum atomic E-state index is -0.0406. The molecule has 2 unspecified atom stereocenters. The molecule has 0 spiro atoms. The van der Waals surface area contributed by atoms with Crippen molar-refractivity contribution in [2.75, 3.05) is 4.90 Å². The van der Waals surface area contributed by atoms with Crippen molar-refractivity contribution in [2.45, 2.75) is 52.0 Å². The highest BCUT2D eigenvalue weighted by atomic mass is 16.3. The zero-order valence-electron chi connectivity index (χ0n) is 16.9. The Bertz CT molecular complexity index is 1050. The quantitative estimate of drug-likeness (QED) is 0.337. The Hall–Kier alpha value is -2.92. The Balaban J connectivity index is 1.95. The van der Waals surface area contributed by atoms with E-state index in [1.165, 1.54) is 16.5 Å². The summed E-state index contributed by atoms with van der Waals surface area (Å²) in [5, 5.41) is 1.23. The van der Waals surface area contributed by atoms with Gasteiger partial charge in [0.2, 0.25) is 0 Å². The van der Waals surface area contributed by atoms with Crippen LogP contribution < -0.4 is 4.90 Å². The van der Waals surface area contributed by atoms with E-state index in [-0.39, 0.29) is 12.0 Å². The third kappa shape index (κ3) is 2.83. The molecule has 0 bridgehead atoms. The number of rotatable bonds is 4. The Morgan fingerprint density at radius 2 is 2.21 bits per heavy atom. The summed E-state index contributed by atoms with van der Waals surface area (Å²) in [7, 11) is 0. The monoisotopic (exact) mass is 369 g/mol. The Kier molecular flexibility index (Phi) is 5.01. The summed E-state index contributed by atoms with van der Waals surface area (Å²) < 4.78 is 6.20. The fraction of sp³-hybridized carbons (Fsp3) is 0.308. The van der Waals surface area contributed by atoms with E-state index in [0.29, 0.717) is 0 Å². The molecule has 1 aromatic carbocycles. The number of nitrogens with zero attached hydrogens (tertiary/aromatic N) is 1. The zero-order chi connectivity index (χ0) is 19.7. The first-order valence-corrected chi connectivity index (χ1v) is 10.2. The molecule has 0 saturated carbocycles. The van der Waals surface area contributed by atoms with Crippen LogP contribution in [-0.2, 0) is 6.42 Å². The van der Waals surface area contributed by atoms with E-state index in [4.69, 9.17) is 10.8 Å². The zero-order valence-corrected chi connectivity index (χ0v) is 16.9. The van der Waals surface area contributed by atoms with E-state index in [1.54, 1.807) is 0 Å². The van der Waals surface area contributed by atoms with Gasteiger partial charge < -0.3 is 9.32 Å². The van der Waals surface area contributed by atoms with Crippen molar-refractivity contribution in [3.8, 4) is 12.3 Å². The van der Waals surface area contributed by atoms with E-state index in [2.05, 4.69) is 86.3 Å². The second kappa shape index (κ2) is 7.60. The van der Waals surface area contributed by atoms with E-state index in [1.807, 2.05) is 0 Å². The Morgan fingerprint density at radius 3 is 2.93 bits per heavy atom. The van der Waals surface area contributed by atoms with Gasteiger partial charge in [0, 0.05) is 34.3 Å². The van der Waals surface area contributed by atoms with E-state index in [0.717, 1.165) is 42.0 Å². The molecule has 2 nitrogen and oxygen atoms in total. The molecule has 2 atom stereocenters. The van der Waals surface area contributed by atoms with Crippen LogP contribution in [0.4, 0.5) is 5.69 Å². The van der Waals surface area contributed by atoms with Gasteiger partial charge in [0.15, 0.2) is 0 Å². The van der Waals surface area contributed by atoms with Crippen LogP contribution in [0.2, 0.25) is 0 Å². The first kappa shape index (κ1) is 18.4. The molecule has 2 aliphatic rings. The first-order valence-electron chi connectivity index (χ1n) is 10.2. The van der Waals surface area contributed by atoms with Gasteiger partial charge >= 0.3 is 0 Å². The number of terminal acetylenes is 1. The van der Waals surface area contributed by atoms with Crippen LogP contribution >= 0.6 is 0 Å². The van der Waals surface area contributed by atoms with Gasteiger partial charge in [0.05, 0.1) is 0 Å². The molecule has 2 heterocycles. The van der Waals surface area contributed by atoms with Crippen molar-refractivity contribution in [2.24, 2.45) is 0 Å². The van der Waals surface area contributed by atoms with Crippen molar-refractivity contribution in [3.05, 3.63) is 71.2 Å². The maximum atomic E-state index is 6.20. The van der Waals surface area contributed by atoms with Crippen LogP contribution in [0.25, 0.3) is 17.0 Å². The lowest BCUT2D eigenvalue weighted by Gasteiger charge is -2.26. The summed E-state index contributed by atoms with van der Waals surface area (Å²) in [6.07, 6.45) is 24.3. The standard InChI is InChI=1S/C26H27NO/c1-5-9-13-18(7-3)27-23(8-4)19(12-6-2)21-16-22-20-14-10-11-15-25(20)28-26(22)17-24(21)27/h4,6-7,9,11-13,15-17,19,23H,5,10,14H2,1-3H3/b12-6-,13-9-,18-7+. The summed E-state index contributed by atoms with van der Waals surface area (Å²) >= 11 is 0. The lowest BCUT2D eigenvalue weighted by molar-refractivity contribution is 0.595. The average Bonchev–Trinajstić information content (AvgIpc) is 3.22. The summed E-state index contributed by atoms with van der Waals surface area (Å²) in [4.78, 5) is 2.29. The molecule has 28 heavy (non-hydrogen) atoms. The average molecular weight is 370 g/mol. The van der Waals surface area contributed by atoms with E-state index >= 15 is 0 Å². The van der Waals surface area contributed by atoms with Gasteiger partial charge in [-0.3, -0.25) is 0 Å². The van der Waals surface area contributed by atoms with Crippen LogP contribution in [0.1, 0.15) is 56.4 Å². The number of anilines is 1. The van der Waals surface area contributed by atoms with E-state index < -0.39 is 0 Å². The highest BCUT2D eigenvalue weighted by molar-refractivity contribution is 5.91. The highest BCUT2D eigenvalue weighted by Crippen LogP contribution is 2.47. The van der Waals surface area contributed by atoms with Crippen molar-refractivity contribution >= 4 is 22.7 Å². The largest absolute Gasteiger partial charge is 0.456 e. The number of benzene rings is 1. The van der Waals surface area contributed by atoms with Crippen LogP contribution in [0.5, 0.6) is 0 Å². The van der Waals surface area contributed by atoms with Gasteiger partial charge in [0.25, 0.3) is 0 Å². The number of hydrogen-bond donors (Lipinski definition) is 0. The summed E-state index contributed by atoms with van der Waals surface area (Å²) in [6.45, 7) is 6.28. The summed E-state index contributed by atoms with van der Waals surface area (Å²) in [5.41, 5.74) is 5.85. The van der Waals surface area contributed by atoms with Crippen molar-refractivity contribution in [1.29, 1.82) is 0 Å². The highest BCUT2D eigenvalue weighted by Gasteiger charge is 2.38. The molecule has 2 heteroatoms. The Morgan fingerprint density at radius 1 is 1.36 bits per heavy atom. The van der Waals surface area contributed by atoms with Gasteiger partial charge in [-0.05, 0) is 56.9 Å². The smallest absolute Gasteiger partial charge is 0.137 e. The Labute approximate surface area is 167 Å². The lowest BCUT2D eigenvalue weighted by Crippen LogP contribution is -2.31. The molecule has 0 radical (unpaired) electrons. The predicted molar refractivity (Wildman–Crippen MR) is 119 cm³/mol. The minimum Gasteiger partial charge on any atom is -0.456 e. The van der Waals surface area contributed by atoms with Crippen molar-refractivity contribution < 1.29 is 4.42 Å².